The van der Waals surface area contributed by atoms with Crippen LogP contribution in [0.15, 0.2) is 22.7 Å². The van der Waals surface area contributed by atoms with Crippen molar-refractivity contribution in [3.05, 3.63) is 28.2 Å². The number of rotatable bonds is 8. The summed E-state index contributed by atoms with van der Waals surface area (Å²) in [4.78, 5) is 0. The molecule has 0 unspecified atom stereocenters. The molecule has 0 amide bonds. The Labute approximate surface area is 119 Å². The van der Waals surface area contributed by atoms with Crippen molar-refractivity contribution in [2.45, 2.75) is 33.6 Å². The van der Waals surface area contributed by atoms with Crippen LogP contribution in [0.2, 0.25) is 0 Å². The number of ether oxygens (including phenoxy) is 1. The van der Waals surface area contributed by atoms with Crippen LogP contribution in [0.25, 0.3) is 0 Å². The van der Waals surface area contributed by atoms with E-state index in [9.17, 15) is 0 Å². The number of hydrogen-bond donors (Lipinski definition) is 1. The average molecular weight is 314 g/mol. The van der Waals surface area contributed by atoms with Crippen molar-refractivity contribution in [3.63, 3.8) is 0 Å². The van der Waals surface area contributed by atoms with Crippen LogP contribution in [0.1, 0.15) is 32.3 Å². The van der Waals surface area contributed by atoms with E-state index in [4.69, 9.17) is 4.74 Å². The molecule has 0 aliphatic rings. The molecule has 0 aliphatic carbocycles. The van der Waals surface area contributed by atoms with Crippen LogP contribution in [0, 0.1) is 12.8 Å². The normalized spacial score (nSPS) is 10.9. The summed E-state index contributed by atoms with van der Waals surface area (Å²) in [7, 11) is 0. The Morgan fingerprint density at radius 3 is 2.72 bits per heavy atom. The lowest BCUT2D eigenvalue weighted by molar-refractivity contribution is 0.311. The largest absolute Gasteiger partial charge is 0.491 e. The summed E-state index contributed by atoms with van der Waals surface area (Å²) in [5, 5.41) is 3.40. The highest BCUT2D eigenvalue weighted by Gasteiger charge is 2.00. The molecule has 102 valence electrons. The topological polar surface area (TPSA) is 21.3 Å². The van der Waals surface area contributed by atoms with Gasteiger partial charge >= 0.3 is 0 Å². The summed E-state index contributed by atoms with van der Waals surface area (Å²) in [6, 6.07) is 6.15. The minimum absolute atomic E-state index is 0.712. The molecule has 0 fully saturated rings. The Bertz CT molecular complexity index is 352. The second-order valence-corrected chi connectivity index (χ2v) is 5.92. The first kappa shape index (κ1) is 15.5. The van der Waals surface area contributed by atoms with Gasteiger partial charge in [-0.15, -0.1) is 0 Å². The third-order valence-electron chi connectivity index (χ3n) is 2.76. The minimum atomic E-state index is 0.712. The van der Waals surface area contributed by atoms with Gasteiger partial charge in [-0.1, -0.05) is 19.9 Å². The van der Waals surface area contributed by atoms with Crippen molar-refractivity contribution < 1.29 is 4.74 Å². The van der Waals surface area contributed by atoms with Crippen molar-refractivity contribution in [1.82, 2.24) is 5.32 Å². The van der Waals surface area contributed by atoms with Crippen LogP contribution >= 0.6 is 15.9 Å². The SMILES string of the molecule is Cc1ccc(OCCNCCCC(C)C)c(Br)c1. The molecule has 1 aromatic carbocycles. The summed E-state index contributed by atoms with van der Waals surface area (Å²) < 4.78 is 6.74. The maximum atomic E-state index is 5.71. The highest BCUT2D eigenvalue weighted by atomic mass is 79.9. The van der Waals surface area contributed by atoms with E-state index in [1.54, 1.807) is 0 Å². The van der Waals surface area contributed by atoms with Crippen LogP contribution < -0.4 is 10.1 Å². The maximum Gasteiger partial charge on any atom is 0.133 e. The Hall–Kier alpha value is -0.540. The highest BCUT2D eigenvalue weighted by molar-refractivity contribution is 9.10. The van der Waals surface area contributed by atoms with Gasteiger partial charge in [-0.3, -0.25) is 0 Å². The lowest BCUT2D eigenvalue weighted by Gasteiger charge is -2.10. The van der Waals surface area contributed by atoms with E-state index >= 15 is 0 Å². The van der Waals surface area contributed by atoms with Gasteiger partial charge in [0.1, 0.15) is 12.4 Å². The van der Waals surface area contributed by atoms with Gasteiger partial charge in [-0.2, -0.15) is 0 Å². The monoisotopic (exact) mass is 313 g/mol. The van der Waals surface area contributed by atoms with E-state index in [0.717, 1.165) is 29.2 Å². The lowest BCUT2D eigenvalue weighted by atomic mass is 10.1. The molecule has 0 heterocycles. The fraction of sp³-hybridized carbons (Fsp3) is 0.600. The molecule has 0 atom stereocenters. The second-order valence-electron chi connectivity index (χ2n) is 5.07. The number of benzene rings is 1. The van der Waals surface area contributed by atoms with Crippen LogP contribution in [-0.2, 0) is 0 Å². The Morgan fingerprint density at radius 1 is 1.28 bits per heavy atom. The molecular weight excluding hydrogens is 290 g/mol. The fourth-order valence-corrected chi connectivity index (χ4v) is 2.32. The van der Waals surface area contributed by atoms with Gasteiger partial charge in [0.2, 0.25) is 0 Å². The first-order valence-corrected chi connectivity index (χ1v) is 7.48. The third kappa shape index (κ3) is 6.41. The zero-order valence-corrected chi connectivity index (χ0v) is 13.2. The molecule has 1 aromatic rings. The molecule has 18 heavy (non-hydrogen) atoms. The molecule has 0 saturated heterocycles. The second kappa shape index (κ2) is 8.54. The molecule has 0 aromatic heterocycles. The van der Waals surface area contributed by atoms with E-state index in [1.165, 1.54) is 18.4 Å². The van der Waals surface area contributed by atoms with Crippen molar-refractivity contribution >= 4 is 15.9 Å². The van der Waals surface area contributed by atoms with Gasteiger partial charge in [0.15, 0.2) is 0 Å². The standard InChI is InChI=1S/C15H24BrNO/c1-12(2)5-4-8-17-9-10-18-15-7-6-13(3)11-14(15)16/h6-7,11-12,17H,4-5,8-10H2,1-3H3. The van der Waals surface area contributed by atoms with Gasteiger partial charge in [0, 0.05) is 6.54 Å². The predicted molar refractivity (Wildman–Crippen MR) is 81.3 cm³/mol. The van der Waals surface area contributed by atoms with Crippen LogP contribution in [0.5, 0.6) is 5.75 Å². The third-order valence-corrected chi connectivity index (χ3v) is 3.38. The summed E-state index contributed by atoms with van der Waals surface area (Å²) in [6.07, 6.45) is 2.53. The minimum Gasteiger partial charge on any atom is -0.491 e. The summed E-state index contributed by atoms with van der Waals surface area (Å²) in [6.45, 7) is 9.29. The lowest BCUT2D eigenvalue weighted by Crippen LogP contribution is -2.22. The molecule has 1 N–H and O–H groups in total. The van der Waals surface area contributed by atoms with E-state index < -0.39 is 0 Å². The Balaban J connectivity index is 2.11. The summed E-state index contributed by atoms with van der Waals surface area (Å²) >= 11 is 3.51. The zero-order valence-electron chi connectivity index (χ0n) is 11.6. The van der Waals surface area contributed by atoms with Gasteiger partial charge in [-0.25, -0.2) is 0 Å². The predicted octanol–water partition coefficient (Wildman–Crippen LogP) is 4.16. The van der Waals surface area contributed by atoms with E-state index in [2.05, 4.69) is 54.2 Å². The van der Waals surface area contributed by atoms with Gasteiger partial charge in [0.05, 0.1) is 4.47 Å². The van der Waals surface area contributed by atoms with Crippen molar-refractivity contribution in [3.8, 4) is 5.75 Å². The number of hydrogen-bond acceptors (Lipinski definition) is 2. The average Bonchev–Trinajstić information content (AvgIpc) is 2.30. The number of aryl methyl sites for hydroxylation is 1. The zero-order chi connectivity index (χ0) is 13.4. The number of halogens is 1. The van der Waals surface area contributed by atoms with E-state index in [1.807, 2.05) is 6.07 Å². The molecular formula is C15H24BrNO. The van der Waals surface area contributed by atoms with Crippen molar-refractivity contribution in [2.24, 2.45) is 5.92 Å². The van der Waals surface area contributed by atoms with Crippen molar-refractivity contribution in [1.29, 1.82) is 0 Å². The fourth-order valence-electron chi connectivity index (χ4n) is 1.72. The first-order chi connectivity index (χ1) is 8.59. The summed E-state index contributed by atoms with van der Waals surface area (Å²) in [5.74, 6) is 1.72. The van der Waals surface area contributed by atoms with Crippen LogP contribution in [0.3, 0.4) is 0 Å². The Kier molecular flexibility index (Phi) is 7.36. The van der Waals surface area contributed by atoms with Gasteiger partial charge < -0.3 is 10.1 Å². The van der Waals surface area contributed by atoms with E-state index in [0.29, 0.717) is 6.61 Å². The van der Waals surface area contributed by atoms with Gasteiger partial charge in [0.25, 0.3) is 0 Å². The molecule has 2 nitrogen and oxygen atoms in total. The summed E-state index contributed by atoms with van der Waals surface area (Å²) in [5.41, 5.74) is 1.24. The molecule has 0 spiro atoms. The molecule has 0 aliphatic heterocycles. The van der Waals surface area contributed by atoms with E-state index in [-0.39, 0.29) is 0 Å². The quantitative estimate of drug-likeness (QED) is 0.727. The molecule has 0 radical (unpaired) electrons. The molecule has 0 saturated carbocycles. The first-order valence-electron chi connectivity index (χ1n) is 6.69. The smallest absolute Gasteiger partial charge is 0.133 e. The molecule has 0 bridgehead atoms. The van der Waals surface area contributed by atoms with Crippen molar-refractivity contribution in [2.75, 3.05) is 19.7 Å². The number of nitrogens with one attached hydrogen (secondary N) is 1. The molecule has 1 rings (SSSR count). The maximum absolute atomic E-state index is 5.71. The highest BCUT2D eigenvalue weighted by Crippen LogP contribution is 2.25. The molecule has 3 heteroatoms. The van der Waals surface area contributed by atoms with Crippen LogP contribution in [0.4, 0.5) is 0 Å². The van der Waals surface area contributed by atoms with Gasteiger partial charge in [-0.05, 0) is 65.9 Å². The van der Waals surface area contributed by atoms with Crippen LogP contribution in [-0.4, -0.2) is 19.7 Å². The Morgan fingerprint density at radius 2 is 2.06 bits per heavy atom.